The highest BCUT2D eigenvalue weighted by Crippen LogP contribution is 2.21. The number of halogens is 1. The molecule has 2 aromatic rings. The number of aromatic nitrogens is 2. The summed E-state index contributed by atoms with van der Waals surface area (Å²) in [5.74, 6) is 0.706. The van der Waals surface area contributed by atoms with E-state index in [1.807, 2.05) is 6.07 Å². The highest BCUT2D eigenvalue weighted by molar-refractivity contribution is 7.89. The fraction of sp³-hybridized carbons (Fsp3) is 0.412. The van der Waals surface area contributed by atoms with Crippen molar-refractivity contribution in [3.8, 4) is 0 Å². The van der Waals surface area contributed by atoms with Crippen LogP contribution in [-0.2, 0) is 10.0 Å². The molecule has 9 heteroatoms. The number of hydrogen-bond acceptors (Lipinski definition) is 6. The third-order valence-electron chi connectivity index (χ3n) is 4.49. The van der Waals surface area contributed by atoms with Crippen LogP contribution in [0.3, 0.4) is 0 Å². The molecule has 0 spiro atoms. The second kappa shape index (κ2) is 8.30. The summed E-state index contributed by atoms with van der Waals surface area (Å²) in [6, 6.07) is 8.52. The van der Waals surface area contributed by atoms with Crippen LogP contribution >= 0.6 is 11.6 Å². The first kappa shape index (κ1) is 19.0. The molecule has 7 nitrogen and oxygen atoms in total. The molecule has 0 aliphatic carbocycles. The Morgan fingerprint density at radius 2 is 1.73 bits per heavy atom. The highest BCUT2D eigenvalue weighted by atomic mass is 35.5. The maximum atomic E-state index is 12.5. The van der Waals surface area contributed by atoms with Crippen molar-refractivity contribution in [1.29, 1.82) is 0 Å². The molecule has 0 saturated carbocycles. The quantitative estimate of drug-likeness (QED) is 0.739. The fourth-order valence-electron chi connectivity index (χ4n) is 2.88. The number of sulfonamides is 1. The van der Waals surface area contributed by atoms with E-state index in [1.54, 1.807) is 43.7 Å². The molecule has 0 amide bonds. The Morgan fingerprint density at radius 3 is 2.38 bits per heavy atom. The summed E-state index contributed by atoms with van der Waals surface area (Å²) in [5.41, 5.74) is 0. The van der Waals surface area contributed by atoms with Gasteiger partial charge in [0.05, 0.1) is 4.90 Å². The topological polar surface area (TPSA) is 69.6 Å². The van der Waals surface area contributed by atoms with Gasteiger partial charge in [-0.15, -0.1) is 0 Å². The van der Waals surface area contributed by atoms with Crippen LogP contribution in [0.2, 0.25) is 5.15 Å². The Labute approximate surface area is 159 Å². The molecule has 26 heavy (non-hydrogen) atoms. The number of hydrogen-bond donors (Lipinski definition) is 0. The second-order valence-corrected chi connectivity index (χ2v) is 8.54. The third-order valence-corrected chi connectivity index (χ3v) is 6.63. The SMILES string of the molecule is CN(CCN1CCN(c2nccnc2Cl)CC1)S(=O)(=O)c1ccccc1. The molecule has 1 saturated heterocycles. The van der Waals surface area contributed by atoms with E-state index in [1.165, 1.54) is 4.31 Å². The summed E-state index contributed by atoms with van der Waals surface area (Å²) in [4.78, 5) is 13.0. The minimum atomic E-state index is -3.44. The van der Waals surface area contributed by atoms with Gasteiger partial charge in [0.2, 0.25) is 10.0 Å². The van der Waals surface area contributed by atoms with Gasteiger partial charge in [0.15, 0.2) is 11.0 Å². The Bertz CT molecular complexity index is 826. The van der Waals surface area contributed by atoms with Gasteiger partial charge in [-0.25, -0.2) is 18.4 Å². The summed E-state index contributed by atoms with van der Waals surface area (Å²) in [5, 5.41) is 0.412. The molecule has 1 fully saturated rings. The van der Waals surface area contributed by atoms with Gasteiger partial charge in [0.1, 0.15) is 0 Å². The van der Waals surface area contributed by atoms with E-state index < -0.39 is 10.0 Å². The number of nitrogens with zero attached hydrogens (tertiary/aromatic N) is 5. The van der Waals surface area contributed by atoms with Gasteiger partial charge in [-0.3, -0.25) is 4.90 Å². The summed E-state index contributed by atoms with van der Waals surface area (Å²) < 4.78 is 26.5. The molecule has 1 aromatic carbocycles. The molecule has 0 atom stereocenters. The largest absolute Gasteiger partial charge is 0.351 e. The van der Waals surface area contributed by atoms with Gasteiger partial charge in [-0.05, 0) is 12.1 Å². The lowest BCUT2D eigenvalue weighted by Crippen LogP contribution is -2.49. The zero-order chi connectivity index (χ0) is 18.6. The lowest BCUT2D eigenvalue weighted by atomic mass is 10.3. The van der Waals surface area contributed by atoms with Crippen LogP contribution < -0.4 is 4.90 Å². The predicted octanol–water partition coefficient (Wildman–Crippen LogP) is 1.57. The van der Waals surface area contributed by atoms with Gasteiger partial charge < -0.3 is 4.90 Å². The first-order valence-corrected chi connectivity index (χ1v) is 10.3. The number of rotatable bonds is 6. The van der Waals surface area contributed by atoms with Crippen molar-refractivity contribution in [1.82, 2.24) is 19.2 Å². The van der Waals surface area contributed by atoms with Crippen LogP contribution in [-0.4, -0.2) is 73.9 Å². The van der Waals surface area contributed by atoms with E-state index in [9.17, 15) is 8.42 Å². The lowest BCUT2D eigenvalue weighted by Gasteiger charge is -2.36. The fourth-order valence-corrected chi connectivity index (χ4v) is 4.29. The third kappa shape index (κ3) is 4.32. The molecule has 1 aromatic heterocycles. The van der Waals surface area contributed by atoms with Crippen LogP contribution in [0, 0.1) is 0 Å². The summed E-state index contributed by atoms with van der Waals surface area (Å²) >= 11 is 6.10. The van der Waals surface area contributed by atoms with Crippen molar-refractivity contribution in [2.45, 2.75) is 4.90 Å². The average molecular weight is 396 g/mol. The predicted molar refractivity (Wildman–Crippen MR) is 102 cm³/mol. The van der Waals surface area contributed by atoms with E-state index in [0.717, 1.165) is 26.2 Å². The maximum Gasteiger partial charge on any atom is 0.242 e. The van der Waals surface area contributed by atoms with Crippen molar-refractivity contribution < 1.29 is 8.42 Å². The van der Waals surface area contributed by atoms with Gasteiger partial charge in [0.25, 0.3) is 0 Å². The molecule has 0 bridgehead atoms. The zero-order valence-electron chi connectivity index (χ0n) is 14.6. The Balaban J connectivity index is 1.52. The standard InChI is InChI=1S/C17H22ClN5O2S/c1-21(26(24,25)15-5-3-2-4-6-15)9-10-22-11-13-23(14-12-22)17-16(18)19-7-8-20-17/h2-8H,9-14H2,1H3. The summed E-state index contributed by atoms with van der Waals surface area (Å²) in [7, 11) is -1.82. The van der Waals surface area contributed by atoms with Gasteiger partial charge in [-0.1, -0.05) is 29.8 Å². The first-order valence-electron chi connectivity index (χ1n) is 8.43. The van der Waals surface area contributed by atoms with Crippen molar-refractivity contribution in [2.75, 3.05) is 51.2 Å². The number of likely N-dealkylation sites (N-methyl/N-ethyl adjacent to an activating group) is 1. The van der Waals surface area contributed by atoms with Crippen molar-refractivity contribution >= 4 is 27.4 Å². The van der Waals surface area contributed by atoms with Crippen LogP contribution in [0.4, 0.5) is 5.82 Å². The molecule has 1 aliphatic heterocycles. The Hall–Kier alpha value is -1.74. The van der Waals surface area contributed by atoms with Crippen LogP contribution in [0.5, 0.6) is 0 Å². The zero-order valence-corrected chi connectivity index (χ0v) is 16.2. The average Bonchev–Trinajstić information content (AvgIpc) is 2.67. The van der Waals surface area contributed by atoms with Crippen LogP contribution in [0.1, 0.15) is 0 Å². The number of benzene rings is 1. The monoisotopic (exact) mass is 395 g/mol. The second-order valence-electron chi connectivity index (χ2n) is 6.14. The maximum absolute atomic E-state index is 12.5. The van der Waals surface area contributed by atoms with Crippen molar-refractivity contribution in [2.24, 2.45) is 0 Å². The highest BCUT2D eigenvalue weighted by Gasteiger charge is 2.23. The minimum Gasteiger partial charge on any atom is -0.351 e. The Kier molecular flexibility index (Phi) is 6.08. The molecule has 0 unspecified atom stereocenters. The molecule has 0 radical (unpaired) electrons. The molecule has 1 aliphatic rings. The van der Waals surface area contributed by atoms with Crippen LogP contribution in [0.25, 0.3) is 0 Å². The van der Waals surface area contributed by atoms with E-state index in [0.29, 0.717) is 29.0 Å². The van der Waals surface area contributed by atoms with E-state index in [2.05, 4.69) is 19.8 Å². The van der Waals surface area contributed by atoms with E-state index in [-0.39, 0.29) is 0 Å². The number of piperazine rings is 1. The molecule has 0 N–H and O–H groups in total. The van der Waals surface area contributed by atoms with Crippen LogP contribution in [0.15, 0.2) is 47.6 Å². The molecular formula is C17H22ClN5O2S. The molecule has 140 valence electrons. The summed E-state index contributed by atoms with van der Waals surface area (Å²) in [6.07, 6.45) is 3.21. The molecule has 3 rings (SSSR count). The normalized spacial score (nSPS) is 16.2. The van der Waals surface area contributed by atoms with Gasteiger partial charge in [0, 0.05) is 58.7 Å². The molecular weight excluding hydrogens is 374 g/mol. The lowest BCUT2D eigenvalue weighted by molar-refractivity contribution is 0.243. The first-order chi connectivity index (χ1) is 12.5. The van der Waals surface area contributed by atoms with Gasteiger partial charge >= 0.3 is 0 Å². The summed E-state index contributed by atoms with van der Waals surface area (Å²) in [6.45, 7) is 4.35. The van der Waals surface area contributed by atoms with Crippen molar-refractivity contribution in [3.63, 3.8) is 0 Å². The van der Waals surface area contributed by atoms with Gasteiger partial charge in [-0.2, -0.15) is 4.31 Å². The number of anilines is 1. The molecule has 2 heterocycles. The van der Waals surface area contributed by atoms with Crippen molar-refractivity contribution in [3.05, 3.63) is 47.9 Å². The smallest absolute Gasteiger partial charge is 0.242 e. The minimum absolute atomic E-state index is 0.324. The van der Waals surface area contributed by atoms with E-state index >= 15 is 0 Å². The Morgan fingerprint density at radius 1 is 1.08 bits per heavy atom. The van der Waals surface area contributed by atoms with E-state index in [4.69, 9.17) is 11.6 Å².